The van der Waals surface area contributed by atoms with Crippen LogP contribution in [0.3, 0.4) is 0 Å². The topological polar surface area (TPSA) is 67.4 Å². The van der Waals surface area contributed by atoms with Crippen LogP contribution in [0.2, 0.25) is 0 Å². The first-order valence-electron chi connectivity index (χ1n) is 6.98. The summed E-state index contributed by atoms with van der Waals surface area (Å²) in [5.41, 5.74) is 2.92. The monoisotopic (exact) mass is 376 g/mol. The van der Waals surface area contributed by atoms with Crippen LogP contribution in [0.15, 0.2) is 46.9 Å². The molecule has 2 aromatic rings. The van der Waals surface area contributed by atoms with Crippen LogP contribution in [0, 0.1) is 6.92 Å². The van der Waals surface area contributed by atoms with E-state index >= 15 is 0 Å². The van der Waals surface area contributed by atoms with E-state index < -0.39 is 5.97 Å². The van der Waals surface area contributed by atoms with Crippen LogP contribution in [0.4, 0.5) is 11.4 Å². The highest BCUT2D eigenvalue weighted by molar-refractivity contribution is 9.10. The predicted molar refractivity (Wildman–Crippen MR) is 93.8 cm³/mol. The molecule has 120 valence electrons. The average molecular weight is 377 g/mol. The third kappa shape index (κ3) is 4.82. The molecule has 0 saturated heterocycles. The van der Waals surface area contributed by atoms with Crippen LogP contribution in [-0.4, -0.2) is 25.5 Å². The highest BCUT2D eigenvalue weighted by Gasteiger charge is 2.08. The second-order valence-electron chi connectivity index (χ2n) is 4.96. The summed E-state index contributed by atoms with van der Waals surface area (Å²) in [6, 6.07) is 12.5. The number of nitrogens with one attached hydrogen (secondary N) is 2. The first-order chi connectivity index (χ1) is 11.0. The van der Waals surface area contributed by atoms with Gasteiger partial charge in [-0.05, 0) is 58.7 Å². The summed E-state index contributed by atoms with van der Waals surface area (Å²) in [6.45, 7) is 2.07. The lowest BCUT2D eigenvalue weighted by Gasteiger charge is -2.10. The molecule has 0 aliphatic heterocycles. The molecular formula is C17H17BrN2O3. The molecule has 0 aromatic heterocycles. The summed E-state index contributed by atoms with van der Waals surface area (Å²) in [6.07, 6.45) is 0. The fraction of sp³-hybridized carbons (Fsp3) is 0.176. The molecule has 0 fully saturated rings. The summed E-state index contributed by atoms with van der Waals surface area (Å²) < 4.78 is 5.50. The molecule has 0 bridgehead atoms. The number of carbonyl (C=O) groups excluding carboxylic acids is 2. The Bertz CT molecular complexity index is 732. The zero-order chi connectivity index (χ0) is 16.8. The van der Waals surface area contributed by atoms with E-state index in [2.05, 4.69) is 31.3 Å². The van der Waals surface area contributed by atoms with Gasteiger partial charge in [-0.15, -0.1) is 0 Å². The molecule has 0 aliphatic carbocycles. The first-order valence-corrected chi connectivity index (χ1v) is 7.77. The first kappa shape index (κ1) is 17.0. The van der Waals surface area contributed by atoms with Gasteiger partial charge in [0.25, 0.3) is 0 Å². The van der Waals surface area contributed by atoms with Crippen molar-refractivity contribution in [1.29, 1.82) is 0 Å². The number of hydrogen-bond donors (Lipinski definition) is 2. The van der Waals surface area contributed by atoms with Gasteiger partial charge in [0.05, 0.1) is 24.9 Å². The molecule has 0 saturated carbocycles. The van der Waals surface area contributed by atoms with Gasteiger partial charge in [-0.2, -0.15) is 0 Å². The molecule has 0 atom stereocenters. The van der Waals surface area contributed by atoms with Crippen LogP contribution in [-0.2, 0) is 9.53 Å². The molecule has 23 heavy (non-hydrogen) atoms. The molecule has 0 spiro atoms. The van der Waals surface area contributed by atoms with Crippen LogP contribution in [0.25, 0.3) is 0 Å². The molecule has 2 N–H and O–H groups in total. The lowest BCUT2D eigenvalue weighted by Crippen LogP contribution is -2.22. The maximum Gasteiger partial charge on any atom is 0.337 e. The van der Waals surface area contributed by atoms with Gasteiger partial charge in [-0.25, -0.2) is 4.79 Å². The molecule has 6 heteroatoms. The largest absolute Gasteiger partial charge is 0.465 e. The van der Waals surface area contributed by atoms with Crippen molar-refractivity contribution in [3.63, 3.8) is 0 Å². The molecule has 0 heterocycles. The van der Waals surface area contributed by atoms with Gasteiger partial charge >= 0.3 is 5.97 Å². The Morgan fingerprint density at radius 2 is 1.96 bits per heavy atom. The van der Waals surface area contributed by atoms with Crippen molar-refractivity contribution in [1.82, 2.24) is 0 Å². The summed E-state index contributed by atoms with van der Waals surface area (Å²) in [4.78, 5) is 23.5. The van der Waals surface area contributed by atoms with Crippen molar-refractivity contribution in [3.05, 3.63) is 58.1 Å². The zero-order valence-corrected chi connectivity index (χ0v) is 14.4. The number of carbonyl (C=O) groups is 2. The lowest BCUT2D eigenvalue weighted by atomic mass is 10.2. The standard InChI is InChI=1S/C17H17BrN2O3/c1-11-6-7-15(14(18)8-11)20-16(21)10-19-13-5-3-4-12(9-13)17(22)23-2/h3-9,19H,10H2,1-2H3,(H,20,21). The Kier molecular flexibility index (Phi) is 5.76. The molecular weight excluding hydrogens is 360 g/mol. The second-order valence-corrected chi connectivity index (χ2v) is 5.81. The fourth-order valence-electron chi connectivity index (χ4n) is 1.97. The lowest BCUT2D eigenvalue weighted by molar-refractivity contribution is -0.114. The number of benzene rings is 2. The van der Waals surface area contributed by atoms with E-state index in [9.17, 15) is 9.59 Å². The van der Waals surface area contributed by atoms with Gasteiger partial charge in [-0.1, -0.05) is 12.1 Å². The smallest absolute Gasteiger partial charge is 0.337 e. The van der Waals surface area contributed by atoms with Crippen molar-refractivity contribution in [2.45, 2.75) is 6.92 Å². The van der Waals surface area contributed by atoms with Crippen molar-refractivity contribution in [2.75, 3.05) is 24.3 Å². The van der Waals surface area contributed by atoms with E-state index in [4.69, 9.17) is 0 Å². The van der Waals surface area contributed by atoms with Gasteiger partial charge in [-0.3, -0.25) is 4.79 Å². The Morgan fingerprint density at radius 3 is 2.65 bits per heavy atom. The molecule has 0 unspecified atom stereocenters. The second kappa shape index (κ2) is 7.78. The minimum atomic E-state index is -0.415. The molecule has 5 nitrogen and oxygen atoms in total. The highest BCUT2D eigenvalue weighted by Crippen LogP contribution is 2.23. The SMILES string of the molecule is COC(=O)c1cccc(NCC(=O)Nc2ccc(C)cc2Br)c1. The van der Waals surface area contributed by atoms with Crippen molar-refractivity contribution >= 4 is 39.2 Å². The number of anilines is 2. The quantitative estimate of drug-likeness (QED) is 0.782. The molecule has 0 aliphatic rings. The van der Waals surface area contributed by atoms with E-state index in [-0.39, 0.29) is 12.5 Å². The van der Waals surface area contributed by atoms with Crippen LogP contribution in [0.5, 0.6) is 0 Å². The Balaban J connectivity index is 1.95. The predicted octanol–water partition coefficient (Wildman–Crippen LogP) is 3.59. The Hall–Kier alpha value is -2.34. The molecule has 0 radical (unpaired) electrons. The highest BCUT2D eigenvalue weighted by atomic mass is 79.9. The Morgan fingerprint density at radius 1 is 1.17 bits per heavy atom. The average Bonchev–Trinajstić information content (AvgIpc) is 2.55. The van der Waals surface area contributed by atoms with Crippen molar-refractivity contribution in [2.24, 2.45) is 0 Å². The van der Waals surface area contributed by atoms with Gasteiger partial charge in [0.1, 0.15) is 0 Å². The summed E-state index contributed by atoms with van der Waals surface area (Å²) in [7, 11) is 1.33. The number of aryl methyl sites for hydroxylation is 1. The number of ether oxygens (including phenoxy) is 1. The Labute approximate surface area is 143 Å². The van der Waals surface area contributed by atoms with Gasteiger partial charge in [0.15, 0.2) is 0 Å². The maximum atomic E-state index is 12.0. The normalized spacial score (nSPS) is 10.0. The van der Waals surface area contributed by atoms with Gasteiger partial charge in [0, 0.05) is 10.2 Å². The number of esters is 1. The number of rotatable bonds is 5. The number of hydrogen-bond acceptors (Lipinski definition) is 4. The summed E-state index contributed by atoms with van der Waals surface area (Å²) >= 11 is 3.42. The van der Waals surface area contributed by atoms with Gasteiger partial charge < -0.3 is 15.4 Å². The minimum Gasteiger partial charge on any atom is -0.465 e. The number of methoxy groups -OCH3 is 1. The third-order valence-corrected chi connectivity index (χ3v) is 3.79. The number of halogens is 1. The molecule has 2 aromatic carbocycles. The molecule has 2 rings (SSSR count). The van der Waals surface area contributed by atoms with E-state index in [1.807, 2.05) is 25.1 Å². The maximum absolute atomic E-state index is 12.0. The third-order valence-electron chi connectivity index (χ3n) is 3.14. The van der Waals surface area contributed by atoms with Crippen molar-refractivity contribution < 1.29 is 14.3 Å². The van der Waals surface area contributed by atoms with Crippen molar-refractivity contribution in [3.8, 4) is 0 Å². The minimum absolute atomic E-state index is 0.0882. The van der Waals surface area contributed by atoms with Crippen LogP contribution < -0.4 is 10.6 Å². The summed E-state index contributed by atoms with van der Waals surface area (Å²) in [5, 5.41) is 5.80. The van der Waals surface area contributed by atoms with Gasteiger partial charge in [0.2, 0.25) is 5.91 Å². The van der Waals surface area contributed by atoms with E-state index in [1.54, 1.807) is 24.3 Å². The van der Waals surface area contributed by atoms with E-state index in [1.165, 1.54) is 7.11 Å². The van der Waals surface area contributed by atoms with Crippen LogP contribution in [0.1, 0.15) is 15.9 Å². The van der Waals surface area contributed by atoms with Crippen LogP contribution >= 0.6 is 15.9 Å². The fourth-order valence-corrected chi connectivity index (χ4v) is 2.56. The zero-order valence-electron chi connectivity index (χ0n) is 12.9. The number of amides is 1. The van der Waals surface area contributed by atoms with E-state index in [0.29, 0.717) is 16.9 Å². The van der Waals surface area contributed by atoms with E-state index in [0.717, 1.165) is 10.0 Å². The molecule has 1 amide bonds. The summed E-state index contributed by atoms with van der Waals surface area (Å²) in [5.74, 6) is -0.597.